The second kappa shape index (κ2) is 8.81. The number of aromatic nitrogens is 3. The quantitative estimate of drug-likeness (QED) is 0.367. The maximum atomic E-state index is 12.6. The van der Waals surface area contributed by atoms with Gasteiger partial charge in [-0.25, -0.2) is 0 Å². The summed E-state index contributed by atoms with van der Waals surface area (Å²) in [6.07, 6.45) is 1.29. The van der Waals surface area contributed by atoms with Crippen molar-refractivity contribution >= 4 is 40.2 Å². The molecule has 4 heterocycles. The van der Waals surface area contributed by atoms with Gasteiger partial charge in [-0.1, -0.05) is 59.8 Å². The third-order valence-corrected chi connectivity index (χ3v) is 7.58. The van der Waals surface area contributed by atoms with E-state index in [9.17, 15) is 4.79 Å². The topological polar surface area (TPSA) is 63.4 Å². The van der Waals surface area contributed by atoms with Gasteiger partial charge in [-0.3, -0.25) is 14.4 Å². The molecular formula is C27H20ClN5OS. The summed E-state index contributed by atoms with van der Waals surface area (Å²) in [4.78, 5) is 20.1. The van der Waals surface area contributed by atoms with Crippen molar-refractivity contribution in [1.82, 2.24) is 14.8 Å². The van der Waals surface area contributed by atoms with Gasteiger partial charge in [0.25, 0.3) is 0 Å². The molecule has 0 unspecified atom stereocenters. The molecule has 0 bridgehead atoms. The molecule has 2 aliphatic rings. The van der Waals surface area contributed by atoms with Crippen LogP contribution in [0, 0.1) is 18.8 Å². The fraction of sp³-hybridized carbons (Fsp3) is 0.185. The molecule has 8 heteroatoms. The maximum absolute atomic E-state index is 12.6. The number of rotatable bonds is 2. The Kier molecular flexibility index (Phi) is 5.48. The number of aryl methyl sites for hydroxylation is 2. The lowest BCUT2D eigenvalue weighted by atomic mass is 10.0. The normalized spacial score (nSPS) is 14.3. The molecule has 0 aliphatic carbocycles. The first-order valence-electron chi connectivity index (χ1n) is 11.3. The number of nitrogens with zero attached hydrogens (tertiary/aromatic N) is 5. The van der Waals surface area contributed by atoms with Crippen LogP contribution in [-0.4, -0.2) is 32.9 Å². The summed E-state index contributed by atoms with van der Waals surface area (Å²) in [6, 6.07) is 17.8. The highest BCUT2D eigenvalue weighted by Crippen LogP contribution is 2.34. The first-order chi connectivity index (χ1) is 17.1. The molecule has 0 atom stereocenters. The lowest BCUT2D eigenvalue weighted by molar-refractivity contribution is -0.118. The Labute approximate surface area is 211 Å². The summed E-state index contributed by atoms with van der Waals surface area (Å²) in [6.45, 7) is 2.70. The molecule has 0 radical (unpaired) electrons. The number of amides is 1. The number of thiophene rings is 1. The van der Waals surface area contributed by atoms with Gasteiger partial charge < -0.3 is 4.90 Å². The number of anilines is 1. The standard InChI is InChI=1S/C27H20ClN5OS/c1-17-30-31-24-16-29-26(20-9-3-4-10-22(20)28)21-15-19(35-27(21)33(17)24)8-6-14-32-23-11-5-2-7-18(23)12-13-25(32)34/h2-5,7,9-11,15H,12-14,16H2,1H3. The predicted octanol–water partition coefficient (Wildman–Crippen LogP) is 4.97. The zero-order chi connectivity index (χ0) is 23.9. The third-order valence-electron chi connectivity index (χ3n) is 6.21. The second-order valence-corrected chi connectivity index (χ2v) is 9.82. The highest BCUT2D eigenvalue weighted by Gasteiger charge is 2.26. The van der Waals surface area contributed by atoms with E-state index in [1.807, 2.05) is 54.0 Å². The highest BCUT2D eigenvalue weighted by atomic mass is 35.5. The molecule has 0 fully saturated rings. The van der Waals surface area contributed by atoms with E-state index < -0.39 is 0 Å². The molecule has 6 rings (SSSR count). The van der Waals surface area contributed by atoms with Crippen LogP contribution < -0.4 is 4.90 Å². The van der Waals surface area contributed by atoms with Gasteiger partial charge in [-0.05, 0) is 37.1 Å². The zero-order valence-corrected chi connectivity index (χ0v) is 20.5. The van der Waals surface area contributed by atoms with Crippen LogP contribution in [0.15, 0.2) is 59.6 Å². The zero-order valence-electron chi connectivity index (χ0n) is 19.0. The fourth-order valence-corrected chi connectivity index (χ4v) is 5.87. The van der Waals surface area contributed by atoms with Crippen molar-refractivity contribution in [3.63, 3.8) is 0 Å². The van der Waals surface area contributed by atoms with E-state index in [0.717, 1.165) is 50.5 Å². The minimum absolute atomic E-state index is 0.109. The first kappa shape index (κ1) is 21.8. The predicted molar refractivity (Wildman–Crippen MR) is 139 cm³/mol. The molecule has 172 valence electrons. The smallest absolute Gasteiger partial charge is 0.228 e. The van der Waals surface area contributed by atoms with Gasteiger partial charge in [0.2, 0.25) is 5.91 Å². The van der Waals surface area contributed by atoms with Crippen molar-refractivity contribution in [1.29, 1.82) is 0 Å². The number of hydrogen-bond acceptors (Lipinski definition) is 5. The van der Waals surface area contributed by atoms with Crippen LogP contribution in [0.25, 0.3) is 5.00 Å². The number of benzene rings is 2. The lowest BCUT2D eigenvalue weighted by Crippen LogP contribution is -2.35. The molecule has 4 aromatic rings. The first-order valence-corrected chi connectivity index (χ1v) is 12.5. The van der Waals surface area contributed by atoms with Crippen LogP contribution in [0.3, 0.4) is 0 Å². The summed E-state index contributed by atoms with van der Waals surface area (Å²) in [5.41, 5.74) is 4.79. The van der Waals surface area contributed by atoms with Crippen molar-refractivity contribution in [3.8, 4) is 16.8 Å². The number of fused-ring (bicyclic) bond motifs is 4. The molecule has 35 heavy (non-hydrogen) atoms. The Balaban J connectivity index is 1.39. The molecule has 1 amide bonds. The summed E-state index contributed by atoms with van der Waals surface area (Å²) in [5, 5.41) is 10.2. The summed E-state index contributed by atoms with van der Waals surface area (Å²) in [5.74, 6) is 8.20. The van der Waals surface area contributed by atoms with Crippen LogP contribution in [0.1, 0.15) is 39.6 Å². The van der Waals surface area contributed by atoms with E-state index in [1.165, 1.54) is 5.56 Å². The Hall–Kier alpha value is -3.73. The van der Waals surface area contributed by atoms with Gasteiger partial charge in [0, 0.05) is 28.3 Å². The summed E-state index contributed by atoms with van der Waals surface area (Å²) in [7, 11) is 0. The largest absolute Gasteiger partial charge is 0.300 e. The van der Waals surface area contributed by atoms with Crippen molar-refractivity contribution in [2.24, 2.45) is 4.99 Å². The number of aliphatic imine (C=N–C) groups is 1. The van der Waals surface area contributed by atoms with Crippen LogP contribution in [0.2, 0.25) is 5.02 Å². The third kappa shape index (κ3) is 3.85. The van der Waals surface area contributed by atoms with Crippen molar-refractivity contribution in [2.75, 3.05) is 11.4 Å². The van der Waals surface area contributed by atoms with Gasteiger partial charge in [0.15, 0.2) is 5.82 Å². The van der Waals surface area contributed by atoms with E-state index in [-0.39, 0.29) is 5.91 Å². The van der Waals surface area contributed by atoms with Gasteiger partial charge in [-0.15, -0.1) is 21.5 Å². The number of carbonyl (C=O) groups is 1. The number of para-hydroxylation sites is 1. The molecule has 0 saturated heterocycles. The van der Waals surface area contributed by atoms with Gasteiger partial charge in [-0.2, -0.15) is 0 Å². The molecule has 2 aliphatic heterocycles. The maximum Gasteiger partial charge on any atom is 0.228 e. The molecule has 2 aromatic carbocycles. The summed E-state index contributed by atoms with van der Waals surface area (Å²) < 4.78 is 2.04. The lowest BCUT2D eigenvalue weighted by Gasteiger charge is -2.27. The van der Waals surface area contributed by atoms with Gasteiger partial charge >= 0.3 is 0 Å². The molecular weight excluding hydrogens is 478 g/mol. The van der Waals surface area contributed by atoms with Crippen molar-refractivity contribution in [2.45, 2.75) is 26.3 Å². The van der Waals surface area contributed by atoms with E-state index >= 15 is 0 Å². The van der Waals surface area contributed by atoms with Crippen LogP contribution in [0.5, 0.6) is 0 Å². The minimum Gasteiger partial charge on any atom is -0.300 e. The Morgan fingerprint density at radius 1 is 1.06 bits per heavy atom. The Bertz CT molecular complexity index is 1570. The molecule has 6 nitrogen and oxygen atoms in total. The Morgan fingerprint density at radius 3 is 2.77 bits per heavy atom. The number of carbonyl (C=O) groups excluding carboxylic acids is 1. The summed E-state index contributed by atoms with van der Waals surface area (Å²) >= 11 is 8.12. The van der Waals surface area contributed by atoms with Crippen LogP contribution in [-0.2, 0) is 17.8 Å². The van der Waals surface area contributed by atoms with Crippen LogP contribution in [0.4, 0.5) is 5.69 Å². The SMILES string of the molecule is Cc1nnc2n1-c1sc(C#CCN3C(=O)CCc4ccccc43)cc1C(c1ccccc1Cl)=NC2. The van der Waals surface area contributed by atoms with Crippen molar-refractivity contribution in [3.05, 3.63) is 92.8 Å². The van der Waals surface area contributed by atoms with E-state index in [0.29, 0.717) is 24.5 Å². The van der Waals surface area contributed by atoms with E-state index in [1.54, 1.807) is 16.2 Å². The van der Waals surface area contributed by atoms with Crippen molar-refractivity contribution < 1.29 is 4.79 Å². The van der Waals surface area contributed by atoms with Gasteiger partial charge in [0.1, 0.15) is 17.4 Å². The second-order valence-electron chi connectivity index (χ2n) is 8.38. The van der Waals surface area contributed by atoms with Gasteiger partial charge in [0.05, 0.1) is 17.1 Å². The molecule has 2 aromatic heterocycles. The number of halogens is 1. The average Bonchev–Trinajstić information content (AvgIpc) is 3.40. The number of hydrogen-bond donors (Lipinski definition) is 0. The monoisotopic (exact) mass is 497 g/mol. The molecule has 0 spiro atoms. The molecule has 0 N–H and O–H groups in total. The minimum atomic E-state index is 0.109. The van der Waals surface area contributed by atoms with E-state index in [4.69, 9.17) is 16.6 Å². The molecule has 0 saturated carbocycles. The average molecular weight is 498 g/mol. The Morgan fingerprint density at radius 2 is 1.89 bits per heavy atom. The highest BCUT2D eigenvalue weighted by molar-refractivity contribution is 7.15. The van der Waals surface area contributed by atoms with E-state index in [2.05, 4.69) is 34.2 Å². The fourth-order valence-electron chi connectivity index (χ4n) is 4.55. The van der Waals surface area contributed by atoms with Crippen LogP contribution >= 0.6 is 22.9 Å².